The van der Waals surface area contributed by atoms with Crippen molar-refractivity contribution in [1.29, 1.82) is 0 Å². The second-order valence-electron chi connectivity index (χ2n) is 4.97. The van der Waals surface area contributed by atoms with Gasteiger partial charge in [-0.25, -0.2) is 5.43 Å². The minimum atomic E-state index is 0.0171. The van der Waals surface area contributed by atoms with E-state index in [-0.39, 0.29) is 6.04 Å². The molecule has 1 unspecified atom stereocenters. The first-order valence-corrected chi connectivity index (χ1v) is 8.53. The molecule has 2 nitrogen and oxygen atoms in total. The van der Waals surface area contributed by atoms with Crippen LogP contribution < -0.4 is 11.3 Å². The maximum Gasteiger partial charge on any atom is 0.0738 e. The molecule has 2 aromatic heterocycles. The van der Waals surface area contributed by atoms with E-state index < -0.39 is 0 Å². The van der Waals surface area contributed by atoms with Gasteiger partial charge in [-0.2, -0.15) is 0 Å². The van der Waals surface area contributed by atoms with Gasteiger partial charge in [0.25, 0.3) is 0 Å². The number of hydrogen-bond acceptors (Lipinski definition) is 4. The average Bonchev–Trinajstić information content (AvgIpc) is 3.15. The monoisotopic (exact) mass is 310 g/mol. The molecule has 4 rings (SSSR count). The van der Waals surface area contributed by atoms with Crippen molar-refractivity contribution in [2.24, 2.45) is 5.84 Å². The zero-order valence-electron chi connectivity index (χ0n) is 11.2. The fourth-order valence-corrected chi connectivity index (χ4v) is 4.74. The first-order chi connectivity index (χ1) is 10.4. The maximum absolute atomic E-state index is 5.91. The lowest BCUT2D eigenvalue weighted by Crippen LogP contribution is -2.28. The van der Waals surface area contributed by atoms with E-state index in [9.17, 15) is 0 Å². The van der Waals surface area contributed by atoms with Crippen molar-refractivity contribution in [1.82, 2.24) is 5.43 Å². The van der Waals surface area contributed by atoms with Gasteiger partial charge in [-0.05, 0) is 44.8 Å². The zero-order valence-corrected chi connectivity index (χ0v) is 12.9. The van der Waals surface area contributed by atoms with Gasteiger partial charge < -0.3 is 0 Å². The Hall–Kier alpha value is -1.72. The van der Waals surface area contributed by atoms with E-state index in [0.717, 1.165) is 0 Å². The predicted octanol–water partition coefficient (Wildman–Crippen LogP) is 4.67. The van der Waals surface area contributed by atoms with E-state index in [0.29, 0.717) is 0 Å². The largest absolute Gasteiger partial charge is 0.271 e. The molecule has 0 saturated heterocycles. The van der Waals surface area contributed by atoms with Crippen LogP contribution >= 0.6 is 22.7 Å². The molecule has 0 aliphatic carbocycles. The Balaban J connectivity index is 1.94. The van der Waals surface area contributed by atoms with Gasteiger partial charge in [0.1, 0.15) is 0 Å². The van der Waals surface area contributed by atoms with Crippen LogP contribution in [0.5, 0.6) is 0 Å². The van der Waals surface area contributed by atoms with Gasteiger partial charge in [0.2, 0.25) is 0 Å². The molecule has 4 aromatic rings. The van der Waals surface area contributed by atoms with E-state index in [1.807, 2.05) is 0 Å². The van der Waals surface area contributed by atoms with Gasteiger partial charge in [-0.1, -0.05) is 36.4 Å². The van der Waals surface area contributed by atoms with E-state index in [1.54, 1.807) is 22.7 Å². The summed E-state index contributed by atoms with van der Waals surface area (Å²) in [6.07, 6.45) is 0. The van der Waals surface area contributed by atoms with E-state index in [1.165, 1.54) is 31.3 Å². The lowest BCUT2D eigenvalue weighted by molar-refractivity contribution is 0.647. The quantitative estimate of drug-likeness (QED) is 0.426. The Morgan fingerprint density at radius 2 is 1.81 bits per heavy atom. The van der Waals surface area contributed by atoms with Crippen molar-refractivity contribution in [2.45, 2.75) is 6.04 Å². The van der Waals surface area contributed by atoms with Crippen molar-refractivity contribution in [2.75, 3.05) is 0 Å². The van der Waals surface area contributed by atoms with Crippen LogP contribution in [0.1, 0.15) is 17.2 Å². The lowest BCUT2D eigenvalue weighted by Gasteiger charge is -2.17. The molecule has 2 heterocycles. The van der Waals surface area contributed by atoms with Crippen LogP contribution in [0.3, 0.4) is 0 Å². The van der Waals surface area contributed by atoms with Gasteiger partial charge >= 0.3 is 0 Å². The standard InChI is InChI=1S/C17H14N2S2/c18-19-16(13-6-3-4-11-8-9-20-17(11)13)14-10-21-15-7-2-1-5-12(14)15/h1-10,16,19H,18H2. The highest BCUT2D eigenvalue weighted by molar-refractivity contribution is 7.17. The summed E-state index contributed by atoms with van der Waals surface area (Å²) in [6, 6.07) is 17.1. The molecule has 2 aromatic carbocycles. The third kappa shape index (κ3) is 2.08. The molecule has 0 bridgehead atoms. The summed E-state index contributed by atoms with van der Waals surface area (Å²) >= 11 is 3.54. The van der Waals surface area contributed by atoms with E-state index in [4.69, 9.17) is 5.84 Å². The van der Waals surface area contributed by atoms with Crippen LogP contribution in [0.15, 0.2) is 59.3 Å². The fourth-order valence-electron chi connectivity index (χ4n) is 2.81. The van der Waals surface area contributed by atoms with Crippen LogP contribution in [0.4, 0.5) is 0 Å². The second-order valence-corrected chi connectivity index (χ2v) is 6.80. The number of thiophene rings is 2. The van der Waals surface area contributed by atoms with Crippen molar-refractivity contribution >= 4 is 42.8 Å². The summed E-state index contributed by atoms with van der Waals surface area (Å²) in [5.74, 6) is 5.91. The fraction of sp³-hybridized carbons (Fsp3) is 0.0588. The average molecular weight is 310 g/mol. The molecule has 0 saturated carbocycles. The smallest absolute Gasteiger partial charge is 0.0738 e. The Labute approximate surface area is 130 Å². The van der Waals surface area contributed by atoms with Crippen LogP contribution in [-0.2, 0) is 0 Å². The number of rotatable bonds is 3. The minimum Gasteiger partial charge on any atom is -0.271 e. The Morgan fingerprint density at radius 3 is 2.71 bits per heavy atom. The molecule has 0 amide bonds. The molecule has 104 valence electrons. The van der Waals surface area contributed by atoms with Crippen LogP contribution in [0, 0.1) is 0 Å². The molecule has 0 radical (unpaired) electrons. The third-order valence-electron chi connectivity index (χ3n) is 3.81. The third-order valence-corrected chi connectivity index (χ3v) is 5.77. The predicted molar refractivity (Wildman–Crippen MR) is 92.8 cm³/mol. The maximum atomic E-state index is 5.91. The van der Waals surface area contributed by atoms with Crippen molar-refractivity contribution < 1.29 is 0 Å². The Morgan fingerprint density at radius 1 is 0.905 bits per heavy atom. The molecule has 21 heavy (non-hydrogen) atoms. The summed E-state index contributed by atoms with van der Waals surface area (Å²) in [4.78, 5) is 0. The van der Waals surface area contributed by atoms with Crippen molar-refractivity contribution in [3.8, 4) is 0 Å². The van der Waals surface area contributed by atoms with Crippen LogP contribution in [-0.4, -0.2) is 0 Å². The highest BCUT2D eigenvalue weighted by Gasteiger charge is 2.19. The summed E-state index contributed by atoms with van der Waals surface area (Å²) in [6.45, 7) is 0. The Kier molecular flexibility index (Phi) is 3.24. The minimum absolute atomic E-state index is 0.0171. The highest BCUT2D eigenvalue weighted by atomic mass is 32.1. The van der Waals surface area contributed by atoms with Gasteiger partial charge in [-0.15, -0.1) is 22.7 Å². The topological polar surface area (TPSA) is 38.0 Å². The summed E-state index contributed by atoms with van der Waals surface area (Å²) in [7, 11) is 0. The number of nitrogens with two attached hydrogens (primary N) is 1. The SMILES string of the molecule is NNC(c1csc2ccccc12)c1cccc2ccsc12. The molecular formula is C17H14N2S2. The van der Waals surface area contributed by atoms with Gasteiger partial charge in [0.05, 0.1) is 6.04 Å². The summed E-state index contributed by atoms with van der Waals surface area (Å²) in [5, 5.41) is 6.89. The first kappa shape index (κ1) is 13.0. The van der Waals surface area contributed by atoms with Crippen molar-refractivity contribution in [3.63, 3.8) is 0 Å². The molecule has 0 aliphatic rings. The highest BCUT2D eigenvalue weighted by Crippen LogP contribution is 2.37. The number of fused-ring (bicyclic) bond motifs is 2. The molecule has 4 heteroatoms. The number of benzene rings is 2. The van der Waals surface area contributed by atoms with Crippen molar-refractivity contribution in [3.05, 3.63) is 70.4 Å². The number of nitrogens with one attached hydrogen (secondary N) is 1. The molecule has 3 N–H and O–H groups in total. The van der Waals surface area contributed by atoms with E-state index >= 15 is 0 Å². The zero-order chi connectivity index (χ0) is 14.2. The molecule has 0 fully saturated rings. The molecule has 1 atom stereocenters. The first-order valence-electron chi connectivity index (χ1n) is 6.77. The normalized spacial score (nSPS) is 13.0. The molecule has 0 aliphatic heterocycles. The molecule has 0 spiro atoms. The van der Waals surface area contributed by atoms with Gasteiger partial charge in [-0.3, -0.25) is 5.84 Å². The number of hydrazine groups is 1. The summed E-state index contributed by atoms with van der Waals surface area (Å²) < 4.78 is 2.60. The second kappa shape index (κ2) is 5.24. The Bertz CT molecular complexity index is 907. The van der Waals surface area contributed by atoms with Gasteiger partial charge in [0.15, 0.2) is 0 Å². The van der Waals surface area contributed by atoms with E-state index in [2.05, 4.69) is 64.7 Å². The lowest BCUT2D eigenvalue weighted by atomic mass is 9.98. The molecular weight excluding hydrogens is 296 g/mol. The number of hydrogen-bond donors (Lipinski definition) is 2. The summed E-state index contributed by atoms with van der Waals surface area (Å²) in [5.41, 5.74) is 5.50. The van der Waals surface area contributed by atoms with Crippen LogP contribution in [0.2, 0.25) is 0 Å². The van der Waals surface area contributed by atoms with Gasteiger partial charge in [0, 0.05) is 9.40 Å². The van der Waals surface area contributed by atoms with Crippen LogP contribution in [0.25, 0.3) is 20.2 Å².